The molecule has 0 unspecified atom stereocenters. The predicted octanol–water partition coefficient (Wildman–Crippen LogP) is 4.32. The van der Waals surface area contributed by atoms with Gasteiger partial charge in [0.25, 0.3) is 0 Å². The molecule has 1 aliphatic heterocycles. The van der Waals surface area contributed by atoms with Crippen molar-refractivity contribution in [2.45, 2.75) is 17.4 Å². The van der Waals surface area contributed by atoms with Crippen molar-refractivity contribution < 1.29 is 13.6 Å². The Morgan fingerprint density at radius 1 is 1.18 bits per heavy atom. The summed E-state index contributed by atoms with van der Waals surface area (Å²) < 4.78 is 26.4. The van der Waals surface area contributed by atoms with Crippen molar-refractivity contribution in [1.29, 1.82) is 0 Å². The standard InChI is InChI=1S/C16H14F2N2OS/c17-10-5-6-14(12(18)9-10)20-16(21)19-13-7-8-22-15-4-2-1-3-11(13)15/h1-6,9,13H,7-8H2,(H2,19,20,21)/t13-/m1/s1. The Hall–Kier alpha value is -2.08. The van der Waals surface area contributed by atoms with E-state index < -0.39 is 17.7 Å². The van der Waals surface area contributed by atoms with E-state index in [2.05, 4.69) is 10.6 Å². The fourth-order valence-electron chi connectivity index (χ4n) is 2.40. The first-order valence-electron chi connectivity index (χ1n) is 6.88. The van der Waals surface area contributed by atoms with Crippen LogP contribution in [-0.4, -0.2) is 11.8 Å². The van der Waals surface area contributed by atoms with E-state index in [0.717, 1.165) is 34.8 Å². The van der Waals surface area contributed by atoms with E-state index in [1.807, 2.05) is 24.3 Å². The van der Waals surface area contributed by atoms with Crippen LogP contribution in [0.1, 0.15) is 18.0 Å². The third-order valence-corrected chi connectivity index (χ3v) is 4.57. The van der Waals surface area contributed by atoms with Crippen molar-refractivity contribution in [1.82, 2.24) is 5.32 Å². The minimum atomic E-state index is -0.797. The topological polar surface area (TPSA) is 41.1 Å². The molecule has 2 amide bonds. The molecule has 3 rings (SSSR count). The highest BCUT2D eigenvalue weighted by atomic mass is 32.2. The highest BCUT2D eigenvalue weighted by Crippen LogP contribution is 2.35. The number of hydrogen-bond acceptors (Lipinski definition) is 2. The van der Waals surface area contributed by atoms with Gasteiger partial charge < -0.3 is 10.6 Å². The maximum Gasteiger partial charge on any atom is 0.319 e. The lowest BCUT2D eigenvalue weighted by molar-refractivity contribution is 0.248. The summed E-state index contributed by atoms with van der Waals surface area (Å²) in [6, 6.07) is 10.3. The van der Waals surface area contributed by atoms with E-state index in [1.165, 1.54) is 6.07 Å². The molecule has 3 nitrogen and oxygen atoms in total. The molecule has 0 spiro atoms. The van der Waals surface area contributed by atoms with Gasteiger partial charge in [-0.1, -0.05) is 18.2 Å². The number of nitrogens with one attached hydrogen (secondary N) is 2. The predicted molar refractivity (Wildman–Crippen MR) is 83.0 cm³/mol. The molecule has 1 aliphatic rings. The molecule has 22 heavy (non-hydrogen) atoms. The van der Waals surface area contributed by atoms with Gasteiger partial charge in [0.05, 0.1) is 11.7 Å². The summed E-state index contributed by atoms with van der Waals surface area (Å²) in [4.78, 5) is 13.2. The highest BCUT2D eigenvalue weighted by Gasteiger charge is 2.22. The first-order chi connectivity index (χ1) is 10.6. The van der Waals surface area contributed by atoms with Crippen LogP contribution in [0.25, 0.3) is 0 Å². The number of hydrogen-bond donors (Lipinski definition) is 2. The minimum absolute atomic E-state index is 0.0441. The van der Waals surface area contributed by atoms with Crippen LogP contribution >= 0.6 is 11.8 Å². The minimum Gasteiger partial charge on any atom is -0.331 e. The molecule has 2 aromatic rings. The lowest BCUT2D eigenvalue weighted by atomic mass is 10.0. The van der Waals surface area contributed by atoms with Crippen LogP contribution in [0.3, 0.4) is 0 Å². The molecule has 0 saturated heterocycles. The largest absolute Gasteiger partial charge is 0.331 e. The fraction of sp³-hybridized carbons (Fsp3) is 0.188. The second-order valence-corrected chi connectivity index (χ2v) is 6.09. The first-order valence-corrected chi connectivity index (χ1v) is 7.86. The van der Waals surface area contributed by atoms with Crippen LogP contribution in [0.4, 0.5) is 19.3 Å². The van der Waals surface area contributed by atoms with Gasteiger partial charge in [0, 0.05) is 16.7 Å². The van der Waals surface area contributed by atoms with Crippen molar-refractivity contribution in [3.8, 4) is 0 Å². The van der Waals surface area contributed by atoms with E-state index in [9.17, 15) is 13.6 Å². The van der Waals surface area contributed by atoms with Gasteiger partial charge >= 0.3 is 6.03 Å². The lowest BCUT2D eigenvalue weighted by Crippen LogP contribution is -2.34. The number of carbonyl (C=O) groups is 1. The molecule has 0 bridgehead atoms. The van der Waals surface area contributed by atoms with Gasteiger partial charge in [0.2, 0.25) is 0 Å². The van der Waals surface area contributed by atoms with E-state index in [4.69, 9.17) is 0 Å². The first kappa shape index (κ1) is 14.8. The number of anilines is 1. The molecule has 0 aromatic heterocycles. The summed E-state index contributed by atoms with van der Waals surface area (Å²) in [7, 11) is 0. The van der Waals surface area contributed by atoms with Crippen LogP contribution in [0.2, 0.25) is 0 Å². The average Bonchev–Trinajstić information content (AvgIpc) is 2.50. The molecular weight excluding hydrogens is 306 g/mol. The van der Waals surface area contributed by atoms with Gasteiger partial charge in [0.1, 0.15) is 11.6 Å². The van der Waals surface area contributed by atoms with Gasteiger partial charge in [-0.2, -0.15) is 0 Å². The number of fused-ring (bicyclic) bond motifs is 1. The summed E-state index contributed by atoms with van der Waals surface area (Å²) in [5, 5.41) is 5.26. The molecule has 2 aromatic carbocycles. The van der Waals surface area contributed by atoms with Gasteiger partial charge in [-0.25, -0.2) is 13.6 Å². The zero-order valence-electron chi connectivity index (χ0n) is 11.6. The molecule has 1 heterocycles. The third-order valence-electron chi connectivity index (χ3n) is 3.44. The Kier molecular flexibility index (Phi) is 4.29. The van der Waals surface area contributed by atoms with Gasteiger partial charge in [0.15, 0.2) is 0 Å². The average molecular weight is 320 g/mol. The SMILES string of the molecule is O=C(Nc1ccc(F)cc1F)N[C@@H]1CCSc2ccccc21. The van der Waals surface area contributed by atoms with Crippen LogP contribution in [0, 0.1) is 11.6 Å². The number of benzene rings is 2. The van der Waals surface area contributed by atoms with E-state index in [1.54, 1.807) is 11.8 Å². The molecule has 0 fully saturated rings. The summed E-state index contributed by atoms with van der Waals surface area (Å²) in [5.41, 5.74) is 1.02. The van der Waals surface area contributed by atoms with Gasteiger partial charge in [-0.3, -0.25) is 0 Å². The summed E-state index contributed by atoms with van der Waals surface area (Å²) in [6.07, 6.45) is 0.807. The van der Waals surface area contributed by atoms with Crippen molar-refractivity contribution in [2.24, 2.45) is 0 Å². The number of halogens is 2. The molecule has 1 atom stereocenters. The number of rotatable bonds is 2. The Morgan fingerprint density at radius 3 is 2.82 bits per heavy atom. The Balaban J connectivity index is 1.70. The van der Waals surface area contributed by atoms with Crippen molar-refractivity contribution in [3.05, 3.63) is 59.7 Å². The number of carbonyl (C=O) groups excluding carboxylic acids is 1. The van der Waals surface area contributed by atoms with Gasteiger partial charge in [-0.05, 0) is 30.2 Å². The molecule has 0 radical (unpaired) electrons. The molecular formula is C16H14F2N2OS. The van der Waals surface area contributed by atoms with E-state index >= 15 is 0 Å². The number of thioether (sulfide) groups is 1. The van der Waals surface area contributed by atoms with Crippen molar-refractivity contribution in [2.75, 3.05) is 11.1 Å². The summed E-state index contributed by atoms with van der Waals surface area (Å²) in [5.74, 6) is -0.566. The Labute approximate surface area is 131 Å². The quantitative estimate of drug-likeness (QED) is 0.865. The monoisotopic (exact) mass is 320 g/mol. The molecule has 0 aliphatic carbocycles. The maximum absolute atomic E-state index is 13.5. The maximum atomic E-state index is 13.5. The third kappa shape index (κ3) is 3.22. The van der Waals surface area contributed by atoms with E-state index in [-0.39, 0.29) is 11.7 Å². The van der Waals surface area contributed by atoms with E-state index in [0.29, 0.717) is 0 Å². The molecule has 2 N–H and O–H groups in total. The molecule has 114 valence electrons. The Morgan fingerprint density at radius 2 is 2.00 bits per heavy atom. The highest BCUT2D eigenvalue weighted by molar-refractivity contribution is 7.99. The Bertz CT molecular complexity index is 708. The zero-order chi connectivity index (χ0) is 15.5. The smallest absolute Gasteiger partial charge is 0.319 e. The van der Waals surface area contributed by atoms with Crippen LogP contribution < -0.4 is 10.6 Å². The normalized spacial score (nSPS) is 16.7. The van der Waals surface area contributed by atoms with Gasteiger partial charge in [-0.15, -0.1) is 11.8 Å². The number of amides is 2. The number of urea groups is 1. The molecule has 6 heteroatoms. The zero-order valence-corrected chi connectivity index (χ0v) is 12.4. The second kappa shape index (κ2) is 6.36. The summed E-state index contributed by atoms with van der Waals surface area (Å²) in [6.45, 7) is 0. The molecule has 0 saturated carbocycles. The summed E-state index contributed by atoms with van der Waals surface area (Å²) >= 11 is 1.75. The van der Waals surface area contributed by atoms with Crippen molar-refractivity contribution in [3.63, 3.8) is 0 Å². The lowest BCUT2D eigenvalue weighted by Gasteiger charge is -2.26. The van der Waals surface area contributed by atoms with Crippen LogP contribution in [-0.2, 0) is 0 Å². The van der Waals surface area contributed by atoms with Crippen LogP contribution in [0.5, 0.6) is 0 Å². The van der Waals surface area contributed by atoms with Crippen molar-refractivity contribution >= 4 is 23.5 Å². The fourth-order valence-corrected chi connectivity index (χ4v) is 3.52. The van der Waals surface area contributed by atoms with Crippen LogP contribution in [0.15, 0.2) is 47.4 Å². The second-order valence-electron chi connectivity index (χ2n) is 4.95.